The number of aromatic carboxylic acids is 1. The van der Waals surface area contributed by atoms with E-state index in [1.54, 1.807) is 4.68 Å². The van der Waals surface area contributed by atoms with Gasteiger partial charge in [0.1, 0.15) is 5.82 Å². The summed E-state index contributed by atoms with van der Waals surface area (Å²) in [6.07, 6.45) is 0. The van der Waals surface area contributed by atoms with Gasteiger partial charge in [-0.3, -0.25) is 0 Å². The largest absolute Gasteiger partial charge is 0.475 e. The Labute approximate surface area is 132 Å². The third kappa shape index (κ3) is 3.00. The molecule has 0 atom stereocenters. The van der Waals surface area contributed by atoms with Crippen LogP contribution in [0.5, 0.6) is 0 Å². The van der Waals surface area contributed by atoms with E-state index < -0.39 is 5.97 Å². The Bertz CT molecular complexity index is 691. The van der Waals surface area contributed by atoms with Crippen LogP contribution < -0.4 is 0 Å². The fourth-order valence-electron chi connectivity index (χ4n) is 2.22. The van der Waals surface area contributed by atoms with E-state index >= 15 is 0 Å². The molecular formula is C15H18BrN3O2. The number of aromatic nitrogens is 3. The number of carboxylic acid groups (broad SMARTS) is 1. The zero-order chi connectivity index (χ0) is 15.9. The highest BCUT2D eigenvalue weighted by molar-refractivity contribution is 9.10. The van der Waals surface area contributed by atoms with Crippen LogP contribution in [0.2, 0.25) is 0 Å². The highest BCUT2D eigenvalue weighted by atomic mass is 79.9. The van der Waals surface area contributed by atoms with E-state index in [1.165, 1.54) is 0 Å². The van der Waals surface area contributed by atoms with Crippen LogP contribution in [0.15, 0.2) is 16.6 Å². The first-order valence-electron chi connectivity index (χ1n) is 6.59. The van der Waals surface area contributed by atoms with E-state index in [9.17, 15) is 4.79 Å². The molecule has 0 aliphatic carbocycles. The summed E-state index contributed by atoms with van der Waals surface area (Å²) < 4.78 is 2.50. The highest BCUT2D eigenvalue weighted by Crippen LogP contribution is 2.30. The van der Waals surface area contributed by atoms with Crippen LogP contribution in [0.25, 0.3) is 5.69 Å². The molecule has 0 bridgehead atoms. The molecule has 1 aromatic heterocycles. The average Bonchev–Trinajstić information content (AvgIpc) is 2.71. The standard InChI is InChI=1S/C15H18BrN3O2/c1-8-6-9(2)11(10(16)7-8)19-14(15(3,4)5)17-12(18-19)13(20)21/h6-7H,1-5H3,(H,20,21). The van der Waals surface area contributed by atoms with Gasteiger partial charge < -0.3 is 5.11 Å². The lowest BCUT2D eigenvalue weighted by atomic mass is 9.95. The predicted octanol–water partition coefficient (Wildman–Crippen LogP) is 3.64. The first kappa shape index (κ1) is 15.7. The van der Waals surface area contributed by atoms with Crippen molar-refractivity contribution in [1.82, 2.24) is 14.8 Å². The number of hydrogen-bond acceptors (Lipinski definition) is 3. The smallest absolute Gasteiger partial charge is 0.375 e. The molecule has 1 aromatic carbocycles. The summed E-state index contributed by atoms with van der Waals surface area (Å²) in [5, 5.41) is 13.3. The molecule has 0 saturated carbocycles. The van der Waals surface area contributed by atoms with E-state index in [2.05, 4.69) is 26.0 Å². The fourth-order valence-corrected chi connectivity index (χ4v) is 3.06. The third-order valence-electron chi connectivity index (χ3n) is 3.08. The lowest BCUT2D eigenvalue weighted by Crippen LogP contribution is -2.19. The Morgan fingerprint density at radius 3 is 2.38 bits per heavy atom. The van der Waals surface area contributed by atoms with Gasteiger partial charge in [0, 0.05) is 9.89 Å². The number of carboxylic acids is 1. The van der Waals surface area contributed by atoms with Gasteiger partial charge in [-0.05, 0) is 47.0 Å². The van der Waals surface area contributed by atoms with Gasteiger partial charge in [-0.1, -0.05) is 26.8 Å². The van der Waals surface area contributed by atoms with Crippen molar-refractivity contribution in [3.63, 3.8) is 0 Å². The monoisotopic (exact) mass is 351 g/mol. The van der Waals surface area contributed by atoms with Gasteiger partial charge in [0.25, 0.3) is 5.82 Å². The molecule has 5 nitrogen and oxygen atoms in total. The zero-order valence-corrected chi connectivity index (χ0v) is 14.3. The van der Waals surface area contributed by atoms with Crippen molar-refractivity contribution >= 4 is 21.9 Å². The van der Waals surface area contributed by atoms with Crippen molar-refractivity contribution in [2.24, 2.45) is 0 Å². The molecule has 0 aliphatic rings. The van der Waals surface area contributed by atoms with E-state index in [-0.39, 0.29) is 11.2 Å². The Kier molecular flexibility index (Phi) is 3.93. The van der Waals surface area contributed by atoms with E-state index in [4.69, 9.17) is 5.11 Å². The van der Waals surface area contributed by atoms with E-state index in [0.717, 1.165) is 21.3 Å². The van der Waals surface area contributed by atoms with E-state index in [0.29, 0.717) is 5.82 Å². The number of halogens is 1. The molecule has 112 valence electrons. The summed E-state index contributed by atoms with van der Waals surface area (Å²) in [6.45, 7) is 9.93. The van der Waals surface area contributed by atoms with Crippen LogP contribution in [0.3, 0.4) is 0 Å². The molecular weight excluding hydrogens is 334 g/mol. The second-order valence-electron chi connectivity index (χ2n) is 6.14. The molecule has 21 heavy (non-hydrogen) atoms. The van der Waals surface area contributed by atoms with Crippen LogP contribution in [0, 0.1) is 13.8 Å². The molecule has 2 rings (SSSR count). The topological polar surface area (TPSA) is 68.0 Å². The van der Waals surface area contributed by atoms with Crippen LogP contribution in [0.1, 0.15) is 48.3 Å². The van der Waals surface area contributed by atoms with Crippen molar-refractivity contribution in [2.45, 2.75) is 40.0 Å². The summed E-state index contributed by atoms with van der Waals surface area (Å²) in [5.74, 6) is -0.695. The van der Waals surface area contributed by atoms with Gasteiger partial charge in [-0.25, -0.2) is 14.5 Å². The summed E-state index contributed by atoms with van der Waals surface area (Å²) in [4.78, 5) is 15.4. The molecule has 0 amide bonds. The number of hydrogen-bond donors (Lipinski definition) is 1. The average molecular weight is 352 g/mol. The van der Waals surface area contributed by atoms with Crippen LogP contribution in [-0.4, -0.2) is 25.8 Å². The summed E-state index contributed by atoms with van der Waals surface area (Å²) in [5.41, 5.74) is 2.64. The number of benzene rings is 1. The second-order valence-corrected chi connectivity index (χ2v) is 6.99. The molecule has 1 N–H and O–H groups in total. The maximum Gasteiger partial charge on any atom is 0.375 e. The van der Waals surface area contributed by atoms with Gasteiger partial charge in [-0.2, -0.15) is 0 Å². The molecule has 0 spiro atoms. The Morgan fingerprint density at radius 1 is 1.29 bits per heavy atom. The minimum absolute atomic E-state index is 0.188. The fraction of sp³-hybridized carbons (Fsp3) is 0.400. The summed E-state index contributed by atoms with van der Waals surface area (Å²) in [6, 6.07) is 4.02. The SMILES string of the molecule is Cc1cc(C)c(-n2nc(C(=O)O)nc2C(C)(C)C)c(Br)c1. The Balaban J connectivity index is 2.77. The van der Waals surface area contributed by atoms with Gasteiger partial charge >= 0.3 is 5.97 Å². The highest BCUT2D eigenvalue weighted by Gasteiger charge is 2.27. The van der Waals surface area contributed by atoms with Crippen molar-refractivity contribution < 1.29 is 9.90 Å². The summed E-state index contributed by atoms with van der Waals surface area (Å²) >= 11 is 3.55. The third-order valence-corrected chi connectivity index (χ3v) is 3.68. The first-order valence-corrected chi connectivity index (χ1v) is 7.38. The number of rotatable bonds is 2. The normalized spacial score (nSPS) is 11.7. The van der Waals surface area contributed by atoms with Crippen molar-refractivity contribution in [3.8, 4) is 5.69 Å². The predicted molar refractivity (Wildman–Crippen MR) is 84.2 cm³/mol. The van der Waals surface area contributed by atoms with Crippen LogP contribution in [0.4, 0.5) is 0 Å². The quantitative estimate of drug-likeness (QED) is 0.896. The molecule has 0 radical (unpaired) electrons. The van der Waals surface area contributed by atoms with Gasteiger partial charge in [0.05, 0.1) is 5.69 Å². The molecule has 0 saturated heterocycles. The van der Waals surface area contributed by atoms with Gasteiger partial charge in [-0.15, -0.1) is 5.10 Å². The van der Waals surface area contributed by atoms with Crippen molar-refractivity contribution in [1.29, 1.82) is 0 Å². The van der Waals surface area contributed by atoms with Crippen molar-refractivity contribution in [3.05, 3.63) is 39.4 Å². The lowest BCUT2D eigenvalue weighted by molar-refractivity contribution is 0.0683. The maximum absolute atomic E-state index is 11.2. The van der Waals surface area contributed by atoms with E-state index in [1.807, 2.05) is 46.8 Å². The van der Waals surface area contributed by atoms with Gasteiger partial charge in [0.15, 0.2) is 0 Å². The molecule has 6 heteroatoms. The number of nitrogens with zero attached hydrogens (tertiary/aromatic N) is 3. The zero-order valence-electron chi connectivity index (χ0n) is 12.7. The van der Waals surface area contributed by atoms with Gasteiger partial charge in [0.2, 0.25) is 0 Å². The van der Waals surface area contributed by atoms with Crippen molar-refractivity contribution in [2.75, 3.05) is 0 Å². The van der Waals surface area contributed by atoms with Crippen LogP contribution >= 0.6 is 15.9 Å². The number of aryl methyl sites for hydroxylation is 2. The lowest BCUT2D eigenvalue weighted by Gasteiger charge is -2.20. The maximum atomic E-state index is 11.2. The molecule has 0 unspecified atom stereocenters. The summed E-state index contributed by atoms with van der Waals surface area (Å²) in [7, 11) is 0. The number of carbonyl (C=O) groups is 1. The Hall–Kier alpha value is -1.69. The molecule has 0 aliphatic heterocycles. The minimum Gasteiger partial charge on any atom is -0.475 e. The van der Waals surface area contributed by atoms with Crippen LogP contribution in [-0.2, 0) is 5.41 Å². The Morgan fingerprint density at radius 2 is 1.90 bits per heavy atom. The molecule has 1 heterocycles. The molecule has 0 fully saturated rings. The second kappa shape index (κ2) is 5.26. The molecule has 2 aromatic rings. The minimum atomic E-state index is -1.12. The first-order chi connectivity index (χ1) is 9.61.